The zero-order chi connectivity index (χ0) is 23.0. The summed E-state index contributed by atoms with van der Waals surface area (Å²) in [5.74, 6) is -0.407. The highest BCUT2D eigenvalue weighted by atomic mass is 32.2. The van der Waals surface area contributed by atoms with Crippen LogP contribution in [0.4, 0.5) is 0 Å². The number of carbonyl (C=O) groups is 1. The van der Waals surface area contributed by atoms with Gasteiger partial charge in [-0.15, -0.1) is 0 Å². The standard InChI is InChI=1S/C23H27N3O4S2/c1-15-13-20-21(14-16(15)2)31-23(26(20)11-12-30-4)24-22(27)17-5-9-19(10-6-17)32(28,29)25(3)18-7-8-18/h5-6,9-10,13-14,18H,7-8,11-12H2,1-4H3. The summed E-state index contributed by atoms with van der Waals surface area (Å²) in [6.45, 7) is 5.20. The third-order valence-electron chi connectivity index (χ3n) is 5.85. The molecule has 4 rings (SSSR count). The molecule has 1 aliphatic carbocycles. The van der Waals surface area contributed by atoms with Gasteiger partial charge in [0, 0.05) is 32.3 Å². The van der Waals surface area contributed by atoms with E-state index in [4.69, 9.17) is 4.74 Å². The van der Waals surface area contributed by atoms with E-state index < -0.39 is 15.9 Å². The van der Waals surface area contributed by atoms with Crippen LogP contribution in [0.15, 0.2) is 46.3 Å². The SMILES string of the molecule is COCCn1c(=NC(=O)c2ccc(S(=O)(=O)N(C)C3CC3)cc2)sc2cc(C)c(C)cc21. The number of methoxy groups -OCH3 is 1. The first-order valence-electron chi connectivity index (χ1n) is 10.5. The fourth-order valence-corrected chi connectivity index (χ4v) is 6.08. The Morgan fingerprint density at radius 1 is 1.19 bits per heavy atom. The fourth-order valence-electron chi connectivity index (χ4n) is 3.53. The van der Waals surface area contributed by atoms with Gasteiger partial charge in [0.05, 0.1) is 21.7 Å². The van der Waals surface area contributed by atoms with Crippen LogP contribution in [0, 0.1) is 13.8 Å². The van der Waals surface area contributed by atoms with Gasteiger partial charge in [-0.2, -0.15) is 9.30 Å². The third kappa shape index (κ3) is 4.43. The Bertz CT molecular complexity index is 1330. The van der Waals surface area contributed by atoms with Crippen molar-refractivity contribution in [2.75, 3.05) is 20.8 Å². The van der Waals surface area contributed by atoms with E-state index in [2.05, 4.69) is 31.0 Å². The number of carbonyl (C=O) groups excluding carboxylic acids is 1. The van der Waals surface area contributed by atoms with Crippen LogP contribution in [0.5, 0.6) is 0 Å². The Labute approximate surface area is 192 Å². The average Bonchev–Trinajstić information content (AvgIpc) is 3.57. The van der Waals surface area contributed by atoms with Gasteiger partial charge in [-0.3, -0.25) is 4.79 Å². The normalized spacial score (nSPS) is 15.1. The van der Waals surface area contributed by atoms with Crippen LogP contribution >= 0.6 is 11.3 Å². The van der Waals surface area contributed by atoms with Gasteiger partial charge >= 0.3 is 0 Å². The highest BCUT2D eigenvalue weighted by molar-refractivity contribution is 7.89. The molecular formula is C23H27N3O4S2. The molecule has 1 aliphatic rings. The van der Waals surface area contributed by atoms with E-state index in [0.717, 1.165) is 23.1 Å². The zero-order valence-corrected chi connectivity index (χ0v) is 20.3. The van der Waals surface area contributed by atoms with Crippen molar-refractivity contribution in [2.24, 2.45) is 4.99 Å². The van der Waals surface area contributed by atoms with Crippen molar-refractivity contribution < 1.29 is 17.9 Å². The molecule has 0 bridgehead atoms. The van der Waals surface area contributed by atoms with Crippen molar-refractivity contribution >= 4 is 37.5 Å². The molecule has 32 heavy (non-hydrogen) atoms. The van der Waals surface area contributed by atoms with E-state index in [1.165, 1.54) is 51.0 Å². The second kappa shape index (κ2) is 8.90. The molecule has 1 heterocycles. The van der Waals surface area contributed by atoms with Crippen LogP contribution in [-0.2, 0) is 21.3 Å². The molecule has 0 N–H and O–H groups in total. The first-order valence-corrected chi connectivity index (χ1v) is 12.7. The van der Waals surface area contributed by atoms with Gasteiger partial charge in [0.1, 0.15) is 0 Å². The lowest BCUT2D eigenvalue weighted by Crippen LogP contribution is -2.28. The topological polar surface area (TPSA) is 81.0 Å². The summed E-state index contributed by atoms with van der Waals surface area (Å²) in [7, 11) is -0.300. The van der Waals surface area contributed by atoms with Crippen LogP contribution in [-0.4, -0.2) is 50.0 Å². The Kier molecular flexibility index (Phi) is 6.35. The van der Waals surface area contributed by atoms with Crippen molar-refractivity contribution in [1.82, 2.24) is 8.87 Å². The monoisotopic (exact) mass is 473 g/mol. The maximum atomic E-state index is 12.9. The predicted molar refractivity (Wildman–Crippen MR) is 125 cm³/mol. The Hall–Kier alpha value is -2.33. The molecule has 1 aromatic heterocycles. The van der Waals surface area contributed by atoms with E-state index in [9.17, 15) is 13.2 Å². The number of sulfonamides is 1. The van der Waals surface area contributed by atoms with E-state index >= 15 is 0 Å². The number of nitrogens with zero attached hydrogens (tertiary/aromatic N) is 3. The van der Waals surface area contributed by atoms with Gasteiger partial charge in [0.2, 0.25) is 10.0 Å². The molecular weight excluding hydrogens is 446 g/mol. The number of aromatic nitrogens is 1. The molecule has 1 saturated carbocycles. The predicted octanol–water partition coefficient (Wildman–Crippen LogP) is 3.49. The molecule has 3 aromatic rings. The molecule has 0 atom stereocenters. The summed E-state index contributed by atoms with van der Waals surface area (Å²) >= 11 is 1.46. The summed E-state index contributed by atoms with van der Waals surface area (Å²) in [4.78, 5) is 18.1. The van der Waals surface area contributed by atoms with Gasteiger partial charge in [-0.1, -0.05) is 11.3 Å². The summed E-state index contributed by atoms with van der Waals surface area (Å²) in [6, 6.07) is 10.3. The van der Waals surface area contributed by atoms with Crippen LogP contribution < -0.4 is 4.80 Å². The molecule has 1 fully saturated rings. The average molecular weight is 474 g/mol. The van der Waals surface area contributed by atoms with Crippen LogP contribution in [0.1, 0.15) is 34.3 Å². The highest BCUT2D eigenvalue weighted by Crippen LogP contribution is 2.30. The van der Waals surface area contributed by atoms with E-state index in [1.54, 1.807) is 14.2 Å². The number of hydrogen-bond donors (Lipinski definition) is 0. The molecule has 9 heteroatoms. The molecule has 0 unspecified atom stereocenters. The molecule has 7 nitrogen and oxygen atoms in total. The number of benzene rings is 2. The van der Waals surface area contributed by atoms with Crippen molar-refractivity contribution in [3.8, 4) is 0 Å². The van der Waals surface area contributed by atoms with Gasteiger partial charge in [0.15, 0.2) is 4.80 Å². The number of rotatable bonds is 7. The minimum atomic E-state index is -3.54. The number of fused-ring (bicyclic) bond motifs is 1. The largest absolute Gasteiger partial charge is 0.383 e. The fraction of sp³-hybridized carbons (Fsp3) is 0.391. The Balaban J connectivity index is 1.68. The molecule has 0 aliphatic heterocycles. The first-order chi connectivity index (χ1) is 15.2. The van der Waals surface area contributed by atoms with Gasteiger partial charge in [-0.05, 0) is 74.2 Å². The molecule has 170 valence electrons. The quantitative estimate of drug-likeness (QED) is 0.526. The van der Waals surface area contributed by atoms with E-state index in [1.807, 2.05) is 4.57 Å². The van der Waals surface area contributed by atoms with Crippen molar-refractivity contribution in [3.63, 3.8) is 0 Å². The Morgan fingerprint density at radius 3 is 2.47 bits per heavy atom. The van der Waals surface area contributed by atoms with Gasteiger partial charge in [0.25, 0.3) is 5.91 Å². The molecule has 0 radical (unpaired) electrons. The van der Waals surface area contributed by atoms with Gasteiger partial charge < -0.3 is 9.30 Å². The van der Waals surface area contributed by atoms with Crippen LogP contribution in [0.25, 0.3) is 10.2 Å². The maximum absolute atomic E-state index is 12.9. The van der Waals surface area contributed by atoms with E-state index in [-0.39, 0.29) is 10.9 Å². The highest BCUT2D eigenvalue weighted by Gasteiger charge is 2.35. The summed E-state index contributed by atoms with van der Waals surface area (Å²) in [5.41, 5.74) is 3.73. The lowest BCUT2D eigenvalue weighted by atomic mass is 10.1. The number of hydrogen-bond acceptors (Lipinski definition) is 5. The maximum Gasteiger partial charge on any atom is 0.279 e. The second-order valence-electron chi connectivity index (χ2n) is 8.13. The zero-order valence-electron chi connectivity index (χ0n) is 18.7. The summed E-state index contributed by atoms with van der Waals surface area (Å²) < 4.78 is 35.1. The number of ether oxygens (including phenoxy) is 1. The van der Waals surface area contributed by atoms with Crippen LogP contribution in [0.2, 0.25) is 0 Å². The molecule has 1 amide bonds. The van der Waals surface area contributed by atoms with Crippen molar-refractivity contribution in [2.45, 2.75) is 44.2 Å². The van der Waals surface area contributed by atoms with Gasteiger partial charge in [-0.25, -0.2) is 8.42 Å². The number of amides is 1. The smallest absolute Gasteiger partial charge is 0.279 e. The Morgan fingerprint density at radius 2 is 1.84 bits per heavy atom. The lowest BCUT2D eigenvalue weighted by molar-refractivity contribution is 0.0997. The lowest BCUT2D eigenvalue weighted by Gasteiger charge is -2.16. The second-order valence-corrected chi connectivity index (χ2v) is 11.1. The van der Waals surface area contributed by atoms with Crippen molar-refractivity contribution in [3.05, 3.63) is 57.9 Å². The third-order valence-corrected chi connectivity index (χ3v) is 8.82. The number of aryl methyl sites for hydroxylation is 2. The minimum absolute atomic E-state index is 0.0825. The van der Waals surface area contributed by atoms with E-state index in [0.29, 0.717) is 23.5 Å². The summed E-state index contributed by atoms with van der Waals surface area (Å²) in [6.07, 6.45) is 1.78. The molecule has 2 aromatic carbocycles. The van der Waals surface area contributed by atoms with Crippen LogP contribution in [0.3, 0.4) is 0 Å². The minimum Gasteiger partial charge on any atom is -0.383 e. The first kappa shape index (κ1) is 22.8. The number of thiazole rings is 1. The molecule has 0 saturated heterocycles. The summed E-state index contributed by atoms with van der Waals surface area (Å²) in [5, 5.41) is 0. The molecule has 0 spiro atoms. The van der Waals surface area contributed by atoms with Crippen molar-refractivity contribution in [1.29, 1.82) is 0 Å².